The minimum absolute atomic E-state index is 0.247. The van der Waals surface area contributed by atoms with Gasteiger partial charge in [-0.2, -0.15) is 0 Å². The monoisotopic (exact) mass is 279 g/mol. The second kappa shape index (κ2) is 5.57. The fourth-order valence-corrected chi connectivity index (χ4v) is 2.11. The SMILES string of the molecule is O=C(O)COc1ccccc1/C=C1\SC(=O)NC1=O. The van der Waals surface area contributed by atoms with Crippen LogP contribution in [-0.2, 0) is 9.59 Å². The molecule has 0 saturated carbocycles. The van der Waals surface area contributed by atoms with E-state index in [9.17, 15) is 14.4 Å². The van der Waals surface area contributed by atoms with Crippen molar-refractivity contribution in [2.45, 2.75) is 0 Å². The van der Waals surface area contributed by atoms with E-state index in [1.807, 2.05) is 0 Å². The van der Waals surface area contributed by atoms with E-state index in [1.165, 1.54) is 6.08 Å². The van der Waals surface area contributed by atoms with E-state index >= 15 is 0 Å². The second-order valence-electron chi connectivity index (χ2n) is 3.57. The maximum absolute atomic E-state index is 11.4. The van der Waals surface area contributed by atoms with Crippen LogP contribution in [0.5, 0.6) is 5.75 Å². The molecule has 1 heterocycles. The van der Waals surface area contributed by atoms with Crippen LogP contribution >= 0.6 is 11.8 Å². The normalized spacial score (nSPS) is 16.5. The van der Waals surface area contributed by atoms with Gasteiger partial charge in [-0.05, 0) is 23.9 Å². The highest BCUT2D eigenvalue weighted by Crippen LogP contribution is 2.28. The van der Waals surface area contributed by atoms with Crippen molar-refractivity contribution in [2.75, 3.05) is 6.61 Å². The summed E-state index contributed by atoms with van der Waals surface area (Å²) >= 11 is 0.791. The first kappa shape index (κ1) is 13.2. The van der Waals surface area contributed by atoms with Gasteiger partial charge in [-0.1, -0.05) is 18.2 Å². The molecule has 1 aromatic rings. The summed E-state index contributed by atoms with van der Waals surface area (Å²) in [4.78, 5) is 33.2. The van der Waals surface area contributed by atoms with E-state index < -0.39 is 23.7 Å². The number of carbonyl (C=O) groups excluding carboxylic acids is 2. The predicted octanol–water partition coefficient (Wildman–Crippen LogP) is 1.47. The van der Waals surface area contributed by atoms with Gasteiger partial charge in [0.25, 0.3) is 11.1 Å². The van der Waals surface area contributed by atoms with Crippen molar-refractivity contribution in [1.82, 2.24) is 5.32 Å². The Morgan fingerprint density at radius 3 is 2.74 bits per heavy atom. The molecule has 0 unspecified atom stereocenters. The molecule has 0 radical (unpaired) electrons. The minimum atomic E-state index is -1.09. The molecular weight excluding hydrogens is 270 g/mol. The standard InChI is InChI=1S/C12H9NO5S/c14-10(15)6-18-8-4-2-1-3-7(8)5-9-11(16)13-12(17)19-9/h1-5H,6H2,(H,14,15)(H,13,16,17)/b9-5-. The summed E-state index contributed by atoms with van der Waals surface area (Å²) in [5.74, 6) is -1.22. The molecule has 1 aliphatic heterocycles. The molecule has 0 spiro atoms. The van der Waals surface area contributed by atoms with Gasteiger partial charge in [0.2, 0.25) is 0 Å². The lowest BCUT2D eigenvalue weighted by Gasteiger charge is -2.06. The highest BCUT2D eigenvalue weighted by atomic mass is 32.2. The molecular formula is C12H9NO5S. The summed E-state index contributed by atoms with van der Waals surface area (Å²) in [5.41, 5.74) is 0.538. The summed E-state index contributed by atoms with van der Waals surface area (Å²) in [6.07, 6.45) is 1.49. The van der Waals surface area contributed by atoms with Crippen LogP contribution in [-0.4, -0.2) is 28.8 Å². The largest absolute Gasteiger partial charge is 0.481 e. The van der Waals surface area contributed by atoms with Gasteiger partial charge in [-0.25, -0.2) is 4.79 Å². The molecule has 1 saturated heterocycles. The van der Waals surface area contributed by atoms with Crippen molar-refractivity contribution < 1.29 is 24.2 Å². The van der Waals surface area contributed by atoms with Crippen LogP contribution in [0.1, 0.15) is 5.56 Å². The molecule has 0 bridgehead atoms. The van der Waals surface area contributed by atoms with E-state index in [-0.39, 0.29) is 4.91 Å². The van der Waals surface area contributed by atoms with Gasteiger partial charge in [0.1, 0.15) is 5.75 Å². The molecule has 1 aromatic carbocycles. The van der Waals surface area contributed by atoms with Gasteiger partial charge in [0.15, 0.2) is 6.61 Å². The molecule has 0 aromatic heterocycles. The fourth-order valence-electron chi connectivity index (χ4n) is 1.43. The quantitative estimate of drug-likeness (QED) is 0.811. The molecule has 1 aliphatic rings. The second-order valence-corrected chi connectivity index (χ2v) is 4.59. The van der Waals surface area contributed by atoms with E-state index in [4.69, 9.17) is 9.84 Å². The first-order chi connectivity index (χ1) is 9.06. The molecule has 1 fully saturated rings. The van der Waals surface area contributed by atoms with E-state index in [0.717, 1.165) is 11.8 Å². The Balaban J connectivity index is 2.25. The van der Waals surface area contributed by atoms with Crippen LogP contribution in [0.3, 0.4) is 0 Å². The van der Waals surface area contributed by atoms with Crippen LogP contribution in [0, 0.1) is 0 Å². The Bertz CT molecular complexity index is 581. The maximum atomic E-state index is 11.4. The highest BCUT2D eigenvalue weighted by Gasteiger charge is 2.25. The summed E-state index contributed by atoms with van der Waals surface area (Å²) in [6, 6.07) is 6.67. The smallest absolute Gasteiger partial charge is 0.341 e. The Hall–Kier alpha value is -2.28. The lowest BCUT2D eigenvalue weighted by atomic mass is 10.2. The number of hydrogen-bond acceptors (Lipinski definition) is 5. The third kappa shape index (κ3) is 3.35. The summed E-state index contributed by atoms with van der Waals surface area (Å²) in [5, 5.41) is 10.3. The molecule has 19 heavy (non-hydrogen) atoms. The third-order valence-electron chi connectivity index (χ3n) is 2.20. The average molecular weight is 279 g/mol. The molecule has 98 valence electrons. The molecule has 2 rings (SSSR count). The number of nitrogens with one attached hydrogen (secondary N) is 1. The van der Waals surface area contributed by atoms with Crippen LogP contribution in [0.2, 0.25) is 0 Å². The topological polar surface area (TPSA) is 92.7 Å². The van der Waals surface area contributed by atoms with Crippen molar-refractivity contribution in [3.05, 3.63) is 34.7 Å². The lowest BCUT2D eigenvalue weighted by molar-refractivity contribution is -0.139. The number of carboxylic acids is 1. The van der Waals surface area contributed by atoms with Gasteiger partial charge in [0.05, 0.1) is 4.91 Å². The number of aliphatic carboxylic acids is 1. The van der Waals surface area contributed by atoms with E-state index in [0.29, 0.717) is 11.3 Å². The summed E-state index contributed by atoms with van der Waals surface area (Å²) < 4.78 is 5.10. The number of para-hydroxylation sites is 1. The summed E-state index contributed by atoms with van der Waals surface area (Å²) in [6.45, 7) is -0.474. The van der Waals surface area contributed by atoms with E-state index in [2.05, 4.69) is 5.32 Å². The van der Waals surface area contributed by atoms with Crippen molar-refractivity contribution in [3.63, 3.8) is 0 Å². The van der Waals surface area contributed by atoms with Crippen LogP contribution in [0.25, 0.3) is 6.08 Å². The Labute approximate surface area is 112 Å². The van der Waals surface area contributed by atoms with Gasteiger partial charge in [0, 0.05) is 5.56 Å². The minimum Gasteiger partial charge on any atom is -0.481 e. The summed E-state index contributed by atoms with van der Waals surface area (Å²) in [7, 11) is 0. The van der Waals surface area contributed by atoms with Gasteiger partial charge >= 0.3 is 5.97 Å². The lowest BCUT2D eigenvalue weighted by Crippen LogP contribution is -2.17. The van der Waals surface area contributed by atoms with Crippen molar-refractivity contribution in [3.8, 4) is 5.75 Å². The van der Waals surface area contributed by atoms with Crippen molar-refractivity contribution >= 4 is 35.0 Å². The Kier molecular flexibility index (Phi) is 3.86. The molecule has 6 nitrogen and oxygen atoms in total. The Morgan fingerprint density at radius 2 is 2.11 bits per heavy atom. The molecule has 2 N–H and O–H groups in total. The zero-order valence-corrected chi connectivity index (χ0v) is 10.4. The van der Waals surface area contributed by atoms with Gasteiger partial charge < -0.3 is 9.84 Å². The number of thioether (sulfide) groups is 1. The molecule has 2 amide bonds. The van der Waals surface area contributed by atoms with Crippen molar-refractivity contribution in [1.29, 1.82) is 0 Å². The number of amides is 2. The van der Waals surface area contributed by atoms with Crippen LogP contribution in [0.4, 0.5) is 4.79 Å². The number of benzene rings is 1. The predicted molar refractivity (Wildman–Crippen MR) is 68.7 cm³/mol. The maximum Gasteiger partial charge on any atom is 0.341 e. The zero-order valence-electron chi connectivity index (χ0n) is 9.58. The zero-order chi connectivity index (χ0) is 13.8. The number of hydrogen-bond donors (Lipinski definition) is 2. The number of carboxylic acid groups (broad SMARTS) is 1. The van der Waals surface area contributed by atoms with Crippen molar-refractivity contribution in [2.24, 2.45) is 0 Å². The first-order valence-corrected chi connectivity index (χ1v) is 6.06. The highest BCUT2D eigenvalue weighted by molar-refractivity contribution is 8.18. The van der Waals surface area contributed by atoms with Gasteiger partial charge in [-0.3, -0.25) is 14.9 Å². The molecule has 0 atom stereocenters. The number of ether oxygens (including phenoxy) is 1. The Morgan fingerprint density at radius 1 is 1.37 bits per heavy atom. The molecule has 7 heteroatoms. The van der Waals surface area contributed by atoms with Crippen LogP contribution < -0.4 is 10.1 Å². The number of carbonyl (C=O) groups is 3. The van der Waals surface area contributed by atoms with Gasteiger partial charge in [-0.15, -0.1) is 0 Å². The third-order valence-corrected chi connectivity index (χ3v) is 3.01. The fraction of sp³-hybridized carbons (Fsp3) is 0.0833. The average Bonchev–Trinajstić information content (AvgIpc) is 2.67. The van der Waals surface area contributed by atoms with E-state index in [1.54, 1.807) is 24.3 Å². The number of rotatable bonds is 4. The molecule has 0 aliphatic carbocycles. The number of imide groups is 1. The van der Waals surface area contributed by atoms with Crippen LogP contribution in [0.15, 0.2) is 29.2 Å². The first-order valence-electron chi connectivity index (χ1n) is 5.25.